The Kier molecular flexibility index (Phi) is 7.39. The zero-order chi connectivity index (χ0) is 23.3. The molecule has 33 heavy (non-hydrogen) atoms. The third kappa shape index (κ3) is 5.59. The molecule has 0 atom stereocenters. The summed E-state index contributed by atoms with van der Waals surface area (Å²) in [5.74, 6) is -0.928. The zero-order valence-electron chi connectivity index (χ0n) is 18.1. The van der Waals surface area contributed by atoms with E-state index in [1.807, 2.05) is 4.90 Å². The van der Waals surface area contributed by atoms with Crippen molar-refractivity contribution in [2.45, 2.75) is 4.90 Å². The normalized spacial score (nSPS) is 17.9. The van der Waals surface area contributed by atoms with Crippen molar-refractivity contribution < 1.29 is 27.1 Å². The molecule has 0 aliphatic carbocycles. The molecule has 10 heteroatoms. The van der Waals surface area contributed by atoms with Crippen molar-refractivity contribution in [1.82, 2.24) is 4.31 Å². The SMILES string of the molecule is O=C(/C=C/c1ccccc1F)Nc1cc(S(=O)(=O)N2CCOCC2)ccc1N1CCOCC1. The van der Waals surface area contributed by atoms with E-state index in [1.165, 1.54) is 28.6 Å². The Hall–Kier alpha value is -2.79. The van der Waals surface area contributed by atoms with Crippen LogP contribution in [0, 0.1) is 5.82 Å². The second-order valence-electron chi connectivity index (χ2n) is 7.64. The van der Waals surface area contributed by atoms with Crippen molar-refractivity contribution in [3.63, 3.8) is 0 Å². The first-order chi connectivity index (χ1) is 15.9. The minimum atomic E-state index is -3.74. The van der Waals surface area contributed by atoms with Crippen molar-refractivity contribution in [2.24, 2.45) is 0 Å². The third-order valence-electron chi connectivity index (χ3n) is 5.50. The Balaban J connectivity index is 1.62. The molecular weight excluding hydrogens is 449 g/mol. The molecular formula is C23H26FN3O5S. The van der Waals surface area contributed by atoms with Crippen LogP contribution in [0.15, 0.2) is 53.4 Å². The summed E-state index contributed by atoms with van der Waals surface area (Å²) in [5.41, 5.74) is 1.35. The van der Waals surface area contributed by atoms with E-state index in [4.69, 9.17) is 9.47 Å². The van der Waals surface area contributed by atoms with Gasteiger partial charge in [-0.25, -0.2) is 12.8 Å². The molecule has 2 aliphatic rings. The summed E-state index contributed by atoms with van der Waals surface area (Å²) in [4.78, 5) is 14.8. The molecule has 0 saturated carbocycles. The molecule has 176 valence electrons. The fraction of sp³-hybridized carbons (Fsp3) is 0.348. The van der Waals surface area contributed by atoms with Crippen LogP contribution in [0.4, 0.5) is 15.8 Å². The van der Waals surface area contributed by atoms with Gasteiger partial charge in [-0.15, -0.1) is 0 Å². The number of rotatable bonds is 6. The number of hydrogen-bond acceptors (Lipinski definition) is 6. The van der Waals surface area contributed by atoms with Crippen LogP contribution in [-0.2, 0) is 24.3 Å². The van der Waals surface area contributed by atoms with Crippen LogP contribution in [-0.4, -0.2) is 71.2 Å². The molecule has 0 radical (unpaired) electrons. The molecule has 0 unspecified atom stereocenters. The number of hydrogen-bond donors (Lipinski definition) is 1. The van der Waals surface area contributed by atoms with Gasteiger partial charge in [-0.3, -0.25) is 4.79 Å². The molecule has 0 bridgehead atoms. The molecule has 1 amide bonds. The van der Waals surface area contributed by atoms with Gasteiger partial charge in [0, 0.05) is 37.8 Å². The van der Waals surface area contributed by atoms with Crippen molar-refractivity contribution in [2.75, 3.05) is 62.8 Å². The number of nitrogens with zero attached hydrogens (tertiary/aromatic N) is 2. The van der Waals surface area contributed by atoms with Gasteiger partial charge in [0.25, 0.3) is 0 Å². The van der Waals surface area contributed by atoms with E-state index in [-0.39, 0.29) is 23.5 Å². The van der Waals surface area contributed by atoms with E-state index in [2.05, 4.69) is 5.32 Å². The standard InChI is InChI=1S/C23H26FN3O5S/c24-20-4-2-1-3-18(20)5-8-23(28)25-21-17-19(33(29,30)27-11-15-32-16-12-27)6-7-22(21)26-9-13-31-14-10-26/h1-8,17H,9-16H2,(H,25,28)/b8-5+. The number of anilines is 2. The lowest BCUT2D eigenvalue weighted by Gasteiger charge is -2.31. The Bertz CT molecular complexity index is 1130. The fourth-order valence-electron chi connectivity index (χ4n) is 3.74. The number of ether oxygens (including phenoxy) is 2. The number of nitrogens with one attached hydrogen (secondary N) is 1. The summed E-state index contributed by atoms with van der Waals surface area (Å²) in [6, 6.07) is 10.9. The molecule has 0 spiro atoms. The first kappa shape index (κ1) is 23.4. The Morgan fingerprint density at radius 2 is 1.64 bits per heavy atom. The number of morpholine rings is 2. The van der Waals surface area contributed by atoms with Crippen molar-refractivity contribution in [1.29, 1.82) is 0 Å². The van der Waals surface area contributed by atoms with Gasteiger partial charge >= 0.3 is 0 Å². The van der Waals surface area contributed by atoms with Gasteiger partial charge in [-0.05, 0) is 30.3 Å². The minimum absolute atomic E-state index is 0.0924. The zero-order valence-corrected chi connectivity index (χ0v) is 18.9. The molecule has 2 aromatic rings. The Morgan fingerprint density at radius 1 is 0.970 bits per heavy atom. The molecule has 4 rings (SSSR count). The van der Waals surface area contributed by atoms with Gasteiger partial charge in [0.1, 0.15) is 5.82 Å². The summed E-state index contributed by atoms with van der Waals surface area (Å²) >= 11 is 0. The lowest BCUT2D eigenvalue weighted by Crippen LogP contribution is -2.40. The largest absolute Gasteiger partial charge is 0.379 e. The van der Waals surface area contributed by atoms with E-state index in [1.54, 1.807) is 30.3 Å². The van der Waals surface area contributed by atoms with Gasteiger partial charge in [-0.2, -0.15) is 4.31 Å². The van der Waals surface area contributed by atoms with Gasteiger partial charge in [0.15, 0.2) is 0 Å². The van der Waals surface area contributed by atoms with E-state index in [0.717, 1.165) is 0 Å². The van der Waals surface area contributed by atoms with E-state index in [0.29, 0.717) is 50.9 Å². The molecule has 2 heterocycles. The van der Waals surface area contributed by atoms with Crippen LogP contribution in [0.5, 0.6) is 0 Å². The van der Waals surface area contributed by atoms with Gasteiger partial charge in [0.05, 0.1) is 42.7 Å². The quantitative estimate of drug-likeness (QED) is 0.646. The summed E-state index contributed by atoms with van der Waals surface area (Å²) in [6.07, 6.45) is 2.61. The predicted octanol–water partition coefficient (Wildman–Crippen LogP) is 2.34. The summed E-state index contributed by atoms with van der Waals surface area (Å²) in [5, 5.41) is 2.77. The third-order valence-corrected chi connectivity index (χ3v) is 7.40. The smallest absolute Gasteiger partial charge is 0.248 e. The van der Waals surface area contributed by atoms with Crippen molar-refractivity contribution in [3.8, 4) is 0 Å². The van der Waals surface area contributed by atoms with Gasteiger partial charge in [0.2, 0.25) is 15.9 Å². The van der Waals surface area contributed by atoms with Crippen LogP contribution >= 0.6 is 0 Å². The number of benzene rings is 2. The van der Waals surface area contributed by atoms with Crippen molar-refractivity contribution >= 4 is 33.4 Å². The fourth-order valence-corrected chi connectivity index (χ4v) is 5.18. The molecule has 0 aromatic heterocycles. The lowest BCUT2D eigenvalue weighted by molar-refractivity contribution is -0.111. The number of carbonyl (C=O) groups excluding carboxylic acids is 1. The average molecular weight is 476 g/mol. The second kappa shape index (κ2) is 10.4. The summed E-state index contributed by atoms with van der Waals surface area (Å²) in [7, 11) is -3.74. The lowest BCUT2D eigenvalue weighted by atomic mass is 10.2. The molecule has 8 nitrogen and oxygen atoms in total. The number of carbonyl (C=O) groups is 1. The van der Waals surface area contributed by atoms with Crippen molar-refractivity contribution in [3.05, 3.63) is 59.9 Å². The maximum Gasteiger partial charge on any atom is 0.248 e. The van der Waals surface area contributed by atoms with Crippen LogP contribution in [0.25, 0.3) is 6.08 Å². The van der Waals surface area contributed by atoms with E-state index in [9.17, 15) is 17.6 Å². The number of sulfonamides is 1. The predicted molar refractivity (Wildman–Crippen MR) is 123 cm³/mol. The molecule has 1 N–H and O–H groups in total. The van der Waals surface area contributed by atoms with Gasteiger partial charge in [-0.1, -0.05) is 18.2 Å². The number of amides is 1. The summed E-state index contributed by atoms with van der Waals surface area (Å²) in [6.45, 7) is 3.54. The minimum Gasteiger partial charge on any atom is -0.379 e. The highest BCUT2D eigenvalue weighted by Crippen LogP contribution is 2.31. The van der Waals surface area contributed by atoms with E-state index >= 15 is 0 Å². The highest BCUT2D eigenvalue weighted by atomic mass is 32.2. The highest BCUT2D eigenvalue weighted by molar-refractivity contribution is 7.89. The maximum atomic E-state index is 13.9. The molecule has 2 aliphatic heterocycles. The monoisotopic (exact) mass is 475 g/mol. The second-order valence-corrected chi connectivity index (χ2v) is 9.58. The Labute approximate surface area is 192 Å². The van der Waals surface area contributed by atoms with E-state index < -0.39 is 21.7 Å². The number of halogens is 1. The Morgan fingerprint density at radius 3 is 2.33 bits per heavy atom. The summed E-state index contributed by atoms with van der Waals surface area (Å²) < 4.78 is 52.2. The van der Waals surface area contributed by atoms with Crippen LogP contribution in [0.3, 0.4) is 0 Å². The molecule has 2 aromatic carbocycles. The molecule has 2 fully saturated rings. The van der Waals surface area contributed by atoms with Crippen LogP contribution < -0.4 is 10.2 Å². The highest BCUT2D eigenvalue weighted by Gasteiger charge is 2.28. The first-order valence-corrected chi connectivity index (χ1v) is 12.2. The maximum absolute atomic E-state index is 13.9. The van der Waals surface area contributed by atoms with Crippen LogP contribution in [0.1, 0.15) is 5.56 Å². The topological polar surface area (TPSA) is 88.2 Å². The average Bonchev–Trinajstić information content (AvgIpc) is 2.84. The van der Waals surface area contributed by atoms with Gasteiger partial charge < -0.3 is 19.7 Å². The van der Waals surface area contributed by atoms with Crippen LogP contribution in [0.2, 0.25) is 0 Å². The molecule has 2 saturated heterocycles. The first-order valence-electron chi connectivity index (χ1n) is 10.7.